The van der Waals surface area contributed by atoms with Crippen molar-refractivity contribution < 1.29 is 13.9 Å². The van der Waals surface area contributed by atoms with Crippen molar-refractivity contribution in [1.29, 1.82) is 0 Å². The molecule has 0 saturated carbocycles. The van der Waals surface area contributed by atoms with Gasteiger partial charge >= 0.3 is 0 Å². The number of hydrogen-bond acceptors (Lipinski definition) is 5. The summed E-state index contributed by atoms with van der Waals surface area (Å²) < 4.78 is 13.3. The number of hydrogen-bond donors (Lipinski definition) is 0. The Labute approximate surface area is 206 Å². The fourth-order valence-electron chi connectivity index (χ4n) is 3.65. The zero-order valence-corrected chi connectivity index (χ0v) is 19.8. The van der Waals surface area contributed by atoms with Crippen molar-refractivity contribution >= 4 is 33.8 Å². The highest BCUT2D eigenvalue weighted by molar-refractivity contribution is 7.15. The maximum atomic E-state index is 13.0. The first-order valence-corrected chi connectivity index (χ1v) is 12.1. The van der Waals surface area contributed by atoms with Crippen molar-refractivity contribution in [2.45, 2.75) is 13.0 Å². The topological polar surface area (TPSA) is 60.0 Å². The van der Waals surface area contributed by atoms with Crippen LogP contribution < -0.4 is 4.74 Å². The molecule has 2 aromatic carbocycles. The van der Waals surface area contributed by atoms with Gasteiger partial charge in [0.15, 0.2) is 11.6 Å². The monoisotopic (exact) mass is 491 g/mol. The van der Waals surface area contributed by atoms with E-state index in [-0.39, 0.29) is 12.5 Å². The van der Waals surface area contributed by atoms with Gasteiger partial charge in [0.2, 0.25) is 0 Å². The molecule has 34 heavy (non-hydrogen) atoms. The molecule has 0 fully saturated rings. The molecule has 0 unspecified atom stereocenters. The highest BCUT2D eigenvalue weighted by Crippen LogP contribution is 2.25. The number of carbonyl (C=O) groups is 1. The average Bonchev–Trinajstić information content (AvgIpc) is 3.60. The van der Waals surface area contributed by atoms with E-state index >= 15 is 0 Å². The van der Waals surface area contributed by atoms with E-state index in [9.17, 15) is 4.79 Å². The van der Waals surface area contributed by atoms with E-state index in [0.717, 1.165) is 27.7 Å². The van der Waals surface area contributed by atoms with E-state index in [2.05, 4.69) is 9.78 Å². The zero-order valence-electron chi connectivity index (χ0n) is 18.3. The van der Waals surface area contributed by atoms with Crippen LogP contribution in [0.5, 0.6) is 5.75 Å². The average molecular weight is 492 g/mol. The summed E-state index contributed by atoms with van der Waals surface area (Å²) in [6.07, 6.45) is 4.32. The lowest BCUT2D eigenvalue weighted by Gasteiger charge is -2.21. The van der Waals surface area contributed by atoms with Gasteiger partial charge in [0.1, 0.15) is 11.5 Å². The first-order chi connectivity index (χ1) is 16.7. The number of fused-ring (bicyclic) bond motifs is 1. The first-order valence-electron chi connectivity index (χ1n) is 10.8. The molecule has 8 heteroatoms. The van der Waals surface area contributed by atoms with E-state index in [0.29, 0.717) is 30.3 Å². The molecule has 5 aromatic rings. The van der Waals surface area contributed by atoms with E-state index in [4.69, 9.17) is 25.7 Å². The number of ether oxygens (including phenoxy) is 1. The summed E-state index contributed by atoms with van der Waals surface area (Å²) in [4.78, 5) is 20.4. The smallest absolute Gasteiger partial charge is 0.260 e. The maximum absolute atomic E-state index is 13.0. The van der Waals surface area contributed by atoms with Gasteiger partial charge in [0, 0.05) is 40.8 Å². The number of para-hydroxylation sites is 1. The SMILES string of the molecule is O=C(COc1ccccc1)N(CCc1csc2nc(-c3ccc(Cl)cc3)cn12)Cc1ccco1. The molecule has 0 atom stereocenters. The van der Waals surface area contributed by atoms with Gasteiger partial charge in [-0.05, 0) is 36.4 Å². The Bertz CT molecular complexity index is 1360. The molecule has 0 spiro atoms. The predicted molar refractivity (Wildman–Crippen MR) is 133 cm³/mol. The summed E-state index contributed by atoms with van der Waals surface area (Å²) in [5, 5.41) is 2.78. The normalized spacial score (nSPS) is 11.1. The van der Waals surface area contributed by atoms with Crippen LogP contribution in [0.4, 0.5) is 0 Å². The molecule has 3 heterocycles. The summed E-state index contributed by atoms with van der Waals surface area (Å²) in [6, 6.07) is 20.7. The summed E-state index contributed by atoms with van der Waals surface area (Å²) in [6.45, 7) is 0.880. The number of benzene rings is 2. The fraction of sp³-hybridized carbons (Fsp3) is 0.154. The van der Waals surface area contributed by atoms with Crippen LogP contribution in [0.3, 0.4) is 0 Å². The first kappa shape index (κ1) is 22.3. The Kier molecular flexibility index (Phi) is 6.65. The molecule has 0 bridgehead atoms. The van der Waals surface area contributed by atoms with Crippen LogP contribution in [0.2, 0.25) is 5.02 Å². The highest BCUT2D eigenvalue weighted by Gasteiger charge is 2.18. The molecular weight excluding hydrogens is 470 g/mol. The second-order valence-electron chi connectivity index (χ2n) is 7.76. The maximum Gasteiger partial charge on any atom is 0.260 e. The predicted octanol–water partition coefficient (Wildman–Crippen LogP) is 5.96. The minimum Gasteiger partial charge on any atom is -0.484 e. The molecule has 172 valence electrons. The lowest BCUT2D eigenvalue weighted by molar-refractivity contribution is -0.134. The van der Waals surface area contributed by atoms with Crippen LogP contribution in [0.1, 0.15) is 11.5 Å². The van der Waals surface area contributed by atoms with Crippen molar-refractivity contribution in [2.24, 2.45) is 0 Å². The Balaban J connectivity index is 1.30. The van der Waals surface area contributed by atoms with E-state index in [1.165, 1.54) is 0 Å². The third-order valence-corrected chi connectivity index (χ3v) is 6.59. The molecule has 0 saturated heterocycles. The molecule has 5 rings (SSSR count). The van der Waals surface area contributed by atoms with Gasteiger partial charge in [-0.1, -0.05) is 41.9 Å². The third-order valence-electron chi connectivity index (χ3n) is 5.45. The largest absolute Gasteiger partial charge is 0.484 e. The number of thiazole rings is 1. The number of carbonyl (C=O) groups excluding carboxylic acids is 1. The van der Waals surface area contributed by atoms with Gasteiger partial charge in [0.05, 0.1) is 18.5 Å². The van der Waals surface area contributed by atoms with E-state index in [1.807, 2.05) is 72.9 Å². The van der Waals surface area contributed by atoms with E-state index < -0.39 is 0 Å². The molecule has 1 amide bonds. The summed E-state index contributed by atoms with van der Waals surface area (Å²) in [5.41, 5.74) is 3.00. The number of rotatable bonds is 9. The lowest BCUT2D eigenvalue weighted by atomic mass is 10.2. The summed E-state index contributed by atoms with van der Waals surface area (Å²) in [5.74, 6) is 1.30. The van der Waals surface area contributed by atoms with Crippen LogP contribution in [0, 0.1) is 0 Å². The molecular formula is C26H22ClN3O3S. The standard InChI is InChI=1S/C26H22ClN3O3S/c27-20-10-8-19(9-11-20)24-16-30-21(18-34-26(30)28-24)12-13-29(15-23-7-4-14-32-23)25(31)17-33-22-5-2-1-3-6-22/h1-11,14,16,18H,12-13,15,17H2. The summed E-state index contributed by atoms with van der Waals surface area (Å²) >= 11 is 7.60. The van der Waals surface area contributed by atoms with Crippen LogP contribution in [-0.2, 0) is 17.8 Å². The number of imidazole rings is 1. The number of halogens is 1. The van der Waals surface area contributed by atoms with Crippen molar-refractivity contribution in [2.75, 3.05) is 13.2 Å². The number of amides is 1. The number of furan rings is 1. The molecule has 0 N–H and O–H groups in total. The Morgan fingerprint density at radius 2 is 1.91 bits per heavy atom. The van der Waals surface area contributed by atoms with Crippen LogP contribution in [-0.4, -0.2) is 33.3 Å². The molecule has 0 aliphatic heterocycles. The van der Waals surface area contributed by atoms with Gasteiger partial charge in [-0.3, -0.25) is 9.20 Å². The Hall–Kier alpha value is -3.55. The number of nitrogens with zero attached hydrogens (tertiary/aromatic N) is 3. The van der Waals surface area contributed by atoms with Crippen molar-refractivity contribution in [1.82, 2.24) is 14.3 Å². The Morgan fingerprint density at radius 3 is 2.68 bits per heavy atom. The molecule has 3 aromatic heterocycles. The zero-order chi connectivity index (χ0) is 23.3. The second-order valence-corrected chi connectivity index (χ2v) is 9.03. The quantitative estimate of drug-likeness (QED) is 0.255. The van der Waals surface area contributed by atoms with Gasteiger partial charge in [0.25, 0.3) is 5.91 Å². The van der Waals surface area contributed by atoms with Crippen LogP contribution in [0.25, 0.3) is 16.2 Å². The fourth-order valence-corrected chi connectivity index (χ4v) is 4.69. The third kappa shape index (κ3) is 5.16. The number of aromatic nitrogens is 2. The molecule has 6 nitrogen and oxygen atoms in total. The van der Waals surface area contributed by atoms with Crippen molar-refractivity contribution in [3.8, 4) is 17.0 Å². The van der Waals surface area contributed by atoms with Gasteiger partial charge in [-0.25, -0.2) is 4.98 Å². The van der Waals surface area contributed by atoms with Crippen LogP contribution >= 0.6 is 22.9 Å². The summed E-state index contributed by atoms with van der Waals surface area (Å²) in [7, 11) is 0. The van der Waals surface area contributed by atoms with Gasteiger partial charge < -0.3 is 14.1 Å². The molecule has 0 aliphatic rings. The van der Waals surface area contributed by atoms with Crippen molar-refractivity contribution in [3.05, 3.63) is 101 Å². The second kappa shape index (κ2) is 10.2. The van der Waals surface area contributed by atoms with Gasteiger partial charge in [-0.15, -0.1) is 11.3 Å². The van der Waals surface area contributed by atoms with Crippen LogP contribution in [0.15, 0.2) is 89.0 Å². The molecule has 0 radical (unpaired) electrons. The molecule has 0 aliphatic carbocycles. The van der Waals surface area contributed by atoms with Crippen molar-refractivity contribution in [3.63, 3.8) is 0 Å². The van der Waals surface area contributed by atoms with Gasteiger partial charge in [-0.2, -0.15) is 0 Å². The minimum absolute atomic E-state index is 0.0322. The van der Waals surface area contributed by atoms with E-state index in [1.54, 1.807) is 22.5 Å². The highest BCUT2D eigenvalue weighted by atomic mass is 35.5. The minimum atomic E-state index is -0.0980. The Morgan fingerprint density at radius 1 is 1.09 bits per heavy atom. The lowest BCUT2D eigenvalue weighted by Crippen LogP contribution is -2.36.